The summed E-state index contributed by atoms with van der Waals surface area (Å²) in [6.07, 6.45) is 12.1. The molecule has 0 aromatic carbocycles. The minimum absolute atomic E-state index is 0.0170. The van der Waals surface area contributed by atoms with Gasteiger partial charge in [0.1, 0.15) is 5.78 Å². The van der Waals surface area contributed by atoms with E-state index in [9.17, 15) is 33.6 Å². The number of amides is 4. The van der Waals surface area contributed by atoms with Crippen molar-refractivity contribution in [3.05, 3.63) is 0 Å². The summed E-state index contributed by atoms with van der Waals surface area (Å²) in [4.78, 5) is 97.6. The summed E-state index contributed by atoms with van der Waals surface area (Å²) in [7, 11) is 0. The van der Waals surface area contributed by atoms with Gasteiger partial charge in [-0.1, -0.05) is 93.4 Å². The van der Waals surface area contributed by atoms with E-state index in [-0.39, 0.29) is 102 Å². The van der Waals surface area contributed by atoms with Crippen molar-refractivity contribution in [3.63, 3.8) is 0 Å². The van der Waals surface area contributed by atoms with Gasteiger partial charge in [0.05, 0.1) is 6.04 Å². The lowest BCUT2D eigenvalue weighted by Gasteiger charge is -2.37. The Morgan fingerprint density at radius 1 is 0.849 bits per heavy atom. The zero-order valence-electron chi connectivity index (χ0n) is 33.7. The monoisotopic (exact) mass is 737 g/mol. The number of nitrogens with zero attached hydrogens (tertiary/aromatic N) is 2. The Morgan fingerprint density at radius 3 is 2.04 bits per heavy atom. The molecule has 2 heterocycles. The molecule has 10 nitrogen and oxygen atoms in total. The van der Waals surface area contributed by atoms with Crippen LogP contribution in [-0.4, -0.2) is 76.0 Å². The van der Waals surface area contributed by atoms with Gasteiger partial charge in [-0.2, -0.15) is 0 Å². The number of hydrogen-bond acceptors (Lipinski definition) is 7. The SMILES string of the molecule is CCCCCCCCC[C@H](CC(=O)C[C@H](CN1C(=O)C2CCC(C2)C1=O)C(C)(C)C)C(=O)N1C[C@H]2[C@@H]([C@H]1C(=O)C[C@@H](C)C(=O)C(=O)NC1CC1)C2(C)C. The van der Waals surface area contributed by atoms with Gasteiger partial charge in [0.25, 0.3) is 5.91 Å². The highest BCUT2D eigenvalue weighted by Crippen LogP contribution is 2.65. The summed E-state index contributed by atoms with van der Waals surface area (Å²) in [5.41, 5.74) is -0.464. The van der Waals surface area contributed by atoms with Gasteiger partial charge in [0, 0.05) is 62.1 Å². The van der Waals surface area contributed by atoms with Gasteiger partial charge in [-0.05, 0) is 67.1 Å². The number of piperidine rings is 2. The third-order valence-corrected chi connectivity index (χ3v) is 13.7. The highest BCUT2D eigenvalue weighted by Gasteiger charge is 2.69. The number of hydrogen-bond donors (Lipinski definition) is 1. The molecule has 53 heavy (non-hydrogen) atoms. The summed E-state index contributed by atoms with van der Waals surface area (Å²) >= 11 is 0. The summed E-state index contributed by atoms with van der Waals surface area (Å²) < 4.78 is 0. The second kappa shape index (κ2) is 16.8. The zero-order chi connectivity index (χ0) is 38.8. The van der Waals surface area contributed by atoms with E-state index in [1.54, 1.807) is 11.8 Å². The molecule has 4 amide bonds. The maximum absolute atomic E-state index is 14.6. The third-order valence-electron chi connectivity index (χ3n) is 13.7. The van der Waals surface area contributed by atoms with E-state index in [1.165, 1.54) is 24.2 Å². The molecule has 0 aromatic rings. The van der Waals surface area contributed by atoms with Crippen LogP contribution in [0.3, 0.4) is 0 Å². The first-order chi connectivity index (χ1) is 24.9. The Kier molecular flexibility index (Phi) is 13.1. The zero-order valence-corrected chi connectivity index (χ0v) is 33.7. The van der Waals surface area contributed by atoms with Crippen molar-refractivity contribution in [2.45, 2.75) is 163 Å². The molecule has 2 saturated heterocycles. The lowest BCUT2D eigenvalue weighted by Crippen LogP contribution is -2.50. The summed E-state index contributed by atoms with van der Waals surface area (Å²) in [5.74, 6) is -3.53. The first-order valence-electron chi connectivity index (χ1n) is 21.0. The smallest absolute Gasteiger partial charge is 0.287 e. The van der Waals surface area contributed by atoms with Crippen molar-refractivity contribution in [2.24, 2.45) is 52.3 Å². The van der Waals surface area contributed by atoms with E-state index in [1.807, 2.05) is 20.8 Å². The van der Waals surface area contributed by atoms with Crippen LogP contribution < -0.4 is 5.32 Å². The van der Waals surface area contributed by atoms with E-state index >= 15 is 0 Å². The van der Waals surface area contributed by atoms with Crippen LogP contribution in [-0.2, 0) is 33.6 Å². The van der Waals surface area contributed by atoms with Gasteiger partial charge in [-0.3, -0.25) is 38.5 Å². The highest BCUT2D eigenvalue weighted by atomic mass is 16.2. The highest BCUT2D eigenvalue weighted by molar-refractivity contribution is 6.37. The van der Waals surface area contributed by atoms with E-state index in [2.05, 4.69) is 26.1 Å². The molecule has 0 radical (unpaired) electrons. The van der Waals surface area contributed by atoms with E-state index < -0.39 is 29.6 Å². The van der Waals surface area contributed by atoms with Crippen LogP contribution in [0.1, 0.15) is 151 Å². The Bertz CT molecular complexity index is 1400. The molecule has 0 aromatic heterocycles. The predicted molar refractivity (Wildman–Crippen MR) is 202 cm³/mol. The third kappa shape index (κ3) is 9.67. The molecule has 8 atom stereocenters. The summed E-state index contributed by atoms with van der Waals surface area (Å²) in [5, 5.41) is 2.73. The van der Waals surface area contributed by atoms with Crippen LogP contribution in [0, 0.1) is 52.3 Å². The largest absolute Gasteiger partial charge is 0.347 e. The van der Waals surface area contributed by atoms with Crippen molar-refractivity contribution in [1.29, 1.82) is 0 Å². The van der Waals surface area contributed by atoms with Crippen LogP contribution in [0.2, 0.25) is 0 Å². The quantitative estimate of drug-likeness (QED) is 0.0810. The van der Waals surface area contributed by atoms with Crippen molar-refractivity contribution >= 4 is 41.0 Å². The predicted octanol–water partition coefficient (Wildman–Crippen LogP) is 6.47. The average molecular weight is 738 g/mol. The number of nitrogens with one attached hydrogen (secondary N) is 1. The minimum Gasteiger partial charge on any atom is -0.347 e. The molecule has 296 valence electrons. The Balaban J connectivity index is 1.28. The summed E-state index contributed by atoms with van der Waals surface area (Å²) in [6, 6.07) is -0.630. The second-order valence-corrected chi connectivity index (χ2v) is 19.2. The number of ketones is 3. The van der Waals surface area contributed by atoms with Gasteiger partial charge in [-0.15, -0.1) is 0 Å². The van der Waals surface area contributed by atoms with E-state index in [4.69, 9.17) is 0 Å². The van der Waals surface area contributed by atoms with Crippen molar-refractivity contribution in [1.82, 2.24) is 15.1 Å². The molecule has 2 aliphatic heterocycles. The molecule has 1 N–H and O–H groups in total. The standard InChI is InChI=1S/C43H67N3O7/c1-8-9-10-11-12-13-14-15-27(22-32(47)23-30(42(3,4)5)24-46-40(52)28-16-17-29(21-28)41(46)53)39(51)45-25-33-35(43(33,6)7)36(45)34(48)20-26(2)37(49)38(50)44-31-18-19-31/h26-31,33,35-36H,8-25H2,1-7H3,(H,44,50)/t26-,27-,28?,29?,30-,33+,35+,36-/m1/s1. The molecule has 2 unspecified atom stereocenters. The maximum Gasteiger partial charge on any atom is 0.287 e. The summed E-state index contributed by atoms with van der Waals surface area (Å²) in [6.45, 7) is 14.8. The maximum atomic E-state index is 14.6. The van der Waals surface area contributed by atoms with Gasteiger partial charge < -0.3 is 10.2 Å². The molecule has 3 aliphatic carbocycles. The second-order valence-electron chi connectivity index (χ2n) is 19.2. The lowest BCUT2D eigenvalue weighted by atomic mass is 9.76. The van der Waals surface area contributed by atoms with Crippen LogP contribution >= 0.6 is 0 Å². The fourth-order valence-electron chi connectivity index (χ4n) is 9.66. The molecule has 5 rings (SSSR count). The molecule has 2 bridgehead atoms. The molecular weight excluding hydrogens is 670 g/mol. The van der Waals surface area contributed by atoms with Crippen LogP contribution in [0.25, 0.3) is 0 Å². The van der Waals surface area contributed by atoms with Gasteiger partial charge >= 0.3 is 0 Å². The molecular formula is C43H67N3O7. The molecule has 3 saturated carbocycles. The topological polar surface area (TPSA) is 138 Å². The average Bonchev–Trinajstić information content (AvgIpc) is 3.83. The first kappa shape index (κ1) is 41.3. The Morgan fingerprint density at radius 2 is 1.45 bits per heavy atom. The number of unbranched alkanes of at least 4 members (excludes halogenated alkanes) is 6. The number of rotatable bonds is 21. The number of carbonyl (C=O) groups excluding carboxylic acids is 7. The van der Waals surface area contributed by atoms with Crippen molar-refractivity contribution in [3.8, 4) is 0 Å². The number of imide groups is 1. The van der Waals surface area contributed by atoms with Gasteiger partial charge in [-0.25, -0.2) is 0 Å². The fourth-order valence-corrected chi connectivity index (χ4v) is 9.66. The molecule has 0 spiro atoms. The number of carbonyl (C=O) groups is 7. The number of Topliss-reactive ketones (excluding diaryl/α,β-unsaturated/α-hetero) is 3. The van der Waals surface area contributed by atoms with E-state index in [0.29, 0.717) is 19.4 Å². The van der Waals surface area contributed by atoms with Crippen LogP contribution in [0.15, 0.2) is 0 Å². The van der Waals surface area contributed by atoms with Gasteiger partial charge in [0.2, 0.25) is 23.5 Å². The normalized spacial score (nSPS) is 27.6. The Labute approximate surface area is 317 Å². The Hall–Kier alpha value is -2.91. The van der Waals surface area contributed by atoms with Crippen molar-refractivity contribution < 1.29 is 33.6 Å². The van der Waals surface area contributed by atoms with Crippen LogP contribution in [0.4, 0.5) is 0 Å². The molecule has 10 heteroatoms. The van der Waals surface area contributed by atoms with E-state index in [0.717, 1.165) is 51.4 Å². The van der Waals surface area contributed by atoms with Crippen molar-refractivity contribution in [2.75, 3.05) is 13.1 Å². The number of fused-ring (bicyclic) bond motifs is 3. The lowest BCUT2D eigenvalue weighted by molar-refractivity contribution is -0.154. The number of likely N-dealkylation sites (tertiary alicyclic amines) is 2. The van der Waals surface area contributed by atoms with Gasteiger partial charge in [0.15, 0.2) is 5.78 Å². The molecule has 5 fully saturated rings. The minimum atomic E-state index is -0.785. The fraction of sp³-hybridized carbons (Fsp3) is 0.837. The van der Waals surface area contributed by atoms with Crippen LogP contribution in [0.5, 0.6) is 0 Å². The first-order valence-corrected chi connectivity index (χ1v) is 21.0. The molecule has 5 aliphatic rings.